The van der Waals surface area contributed by atoms with E-state index >= 15 is 0 Å². The zero-order chi connectivity index (χ0) is 13.5. The normalized spacial score (nSPS) is 12.4. The smallest absolute Gasteiger partial charge is 0.0663 e. The molecule has 102 valence electrons. The number of rotatable bonds is 7. The first-order valence-corrected chi connectivity index (χ1v) is 6.21. The zero-order valence-corrected chi connectivity index (χ0v) is 11.8. The van der Waals surface area contributed by atoms with Crippen LogP contribution < -0.4 is 10.6 Å². The molecule has 4 heteroatoms. The summed E-state index contributed by atoms with van der Waals surface area (Å²) >= 11 is 0. The first kappa shape index (κ1) is 14.8. The van der Waals surface area contributed by atoms with Crippen molar-refractivity contribution in [1.29, 1.82) is 0 Å². The lowest BCUT2D eigenvalue weighted by Crippen LogP contribution is -2.39. The van der Waals surface area contributed by atoms with Crippen molar-refractivity contribution in [2.45, 2.75) is 19.9 Å². The van der Waals surface area contributed by atoms with Crippen LogP contribution in [0.3, 0.4) is 0 Å². The summed E-state index contributed by atoms with van der Waals surface area (Å²) in [5.74, 6) is 0. The van der Waals surface area contributed by atoms with E-state index in [1.807, 2.05) is 12.1 Å². The van der Waals surface area contributed by atoms with Crippen LogP contribution in [0.1, 0.15) is 12.5 Å². The van der Waals surface area contributed by atoms with Crippen LogP contribution in [0.5, 0.6) is 0 Å². The molecule has 1 atom stereocenters. The molecule has 0 saturated heterocycles. The van der Waals surface area contributed by atoms with Crippen LogP contribution in [-0.2, 0) is 9.47 Å². The van der Waals surface area contributed by atoms with Crippen molar-refractivity contribution < 1.29 is 9.47 Å². The molecule has 4 nitrogen and oxygen atoms in total. The minimum absolute atomic E-state index is 0.258. The van der Waals surface area contributed by atoms with E-state index in [0.29, 0.717) is 13.2 Å². The molecule has 0 amide bonds. The van der Waals surface area contributed by atoms with Crippen LogP contribution in [-0.4, -0.2) is 40.0 Å². The van der Waals surface area contributed by atoms with Gasteiger partial charge in [0.1, 0.15) is 0 Å². The quantitative estimate of drug-likeness (QED) is 0.755. The predicted octanol–water partition coefficient (Wildman–Crippen LogP) is 2.06. The SMILES string of the molecule is COCCN(c1c(C)cccc1N)C(C)COC. The Balaban J connectivity index is 3.00. The minimum Gasteiger partial charge on any atom is -0.397 e. The second-order valence-corrected chi connectivity index (χ2v) is 4.50. The molecule has 0 aliphatic carbocycles. The molecule has 1 aromatic rings. The topological polar surface area (TPSA) is 47.7 Å². The molecule has 18 heavy (non-hydrogen) atoms. The molecule has 0 heterocycles. The molecule has 0 saturated carbocycles. The molecular weight excluding hydrogens is 228 g/mol. The van der Waals surface area contributed by atoms with Gasteiger partial charge >= 0.3 is 0 Å². The standard InChI is InChI=1S/C14H24N2O2/c1-11-6-5-7-13(15)14(11)16(8-9-17-3)12(2)10-18-4/h5-7,12H,8-10,15H2,1-4H3. The molecule has 0 fully saturated rings. The summed E-state index contributed by atoms with van der Waals surface area (Å²) in [5.41, 5.74) is 9.16. The van der Waals surface area contributed by atoms with E-state index in [0.717, 1.165) is 17.9 Å². The van der Waals surface area contributed by atoms with Gasteiger partial charge in [-0.3, -0.25) is 0 Å². The van der Waals surface area contributed by atoms with Gasteiger partial charge in [0, 0.05) is 26.8 Å². The molecule has 0 aliphatic rings. The maximum absolute atomic E-state index is 6.10. The molecule has 0 radical (unpaired) electrons. The number of para-hydroxylation sites is 1. The van der Waals surface area contributed by atoms with Gasteiger partial charge in [-0.25, -0.2) is 0 Å². The summed E-state index contributed by atoms with van der Waals surface area (Å²) in [6.45, 7) is 6.34. The molecule has 0 spiro atoms. The van der Waals surface area contributed by atoms with Gasteiger partial charge in [-0.05, 0) is 25.5 Å². The third-order valence-electron chi connectivity index (χ3n) is 3.03. The Morgan fingerprint density at radius 3 is 2.56 bits per heavy atom. The van der Waals surface area contributed by atoms with Crippen LogP contribution in [0, 0.1) is 6.92 Å². The number of hydrogen-bond donors (Lipinski definition) is 1. The van der Waals surface area contributed by atoms with E-state index in [-0.39, 0.29) is 6.04 Å². The lowest BCUT2D eigenvalue weighted by atomic mass is 10.1. The van der Waals surface area contributed by atoms with Crippen LogP contribution in [0.2, 0.25) is 0 Å². The average molecular weight is 252 g/mol. The first-order valence-electron chi connectivity index (χ1n) is 6.21. The monoisotopic (exact) mass is 252 g/mol. The fourth-order valence-electron chi connectivity index (χ4n) is 2.15. The van der Waals surface area contributed by atoms with Gasteiger partial charge in [0.25, 0.3) is 0 Å². The highest BCUT2D eigenvalue weighted by molar-refractivity contribution is 5.71. The Hall–Kier alpha value is -1.26. The molecule has 0 bridgehead atoms. The number of aryl methyl sites for hydroxylation is 1. The van der Waals surface area contributed by atoms with Crippen LogP contribution >= 0.6 is 0 Å². The molecule has 1 unspecified atom stereocenters. The number of benzene rings is 1. The molecule has 0 aromatic heterocycles. The lowest BCUT2D eigenvalue weighted by Gasteiger charge is -2.33. The highest BCUT2D eigenvalue weighted by Gasteiger charge is 2.18. The Kier molecular flexibility index (Phi) is 5.95. The summed E-state index contributed by atoms with van der Waals surface area (Å²) in [6.07, 6.45) is 0. The summed E-state index contributed by atoms with van der Waals surface area (Å²) < 4.78 is 10.4. The van der Waals surface area contributed by atoms with Gasteiger partial charge in [0.15, 0.2) is 0 Å². The van der Waals surface area contributed by atoms with Crippen LogP contribution in [0.25, 0.3) is 0 Å². The molecule has 2 N–H and O–H groups in total. The van der Waals surface area contributed by atoms with Gasteiger partial charge in [-0.15, -0.1) is 0 Å². The summed E-state index contributed by atoms with van der Waals surface area (Å²) in [4.78, 5) is 2.25. The average Bonchev–Trinajstić information content (AvgIpc) is 2.33. The van der Waals surface area contributed by atoms with E-state index < -0.39 is 0 Å². The fraction of sp³-hybridized carbons (Fsp3) is 0.571. The summed E-state index contributed by atoms with van der Waals surface area (Å²) in [6, 6.07) is 6.24. The lowest BCUT2D eigenvalue weighted by molar-refractivity contribution is 0.171. The van der Waals surface area contributed by atoms with Crippen molar-refractivity contribution in [1.82, 2.24) is 0 Å². The van der Waals surface area contributed by atoms with Gasteiger partial charge in [-0.1, -0.05) is 12.1 Å². The summed E-state index contributed by atoms with van der Waals surface area (Å²) in [5, 5.41) is 0. The first-order chi connectivity index (χ1) is 8.61. The Morgan fingerprint density at radius 2 is 2.00 bits per heavy atom. The predicted molar refractivity (Wildman–Crippen MR) is 76.2 cm³/mol. The van der Waals surface area contributed by atoms with Gasteiger partial charge in [0.2, 0.25) is 0 Å². The Labute approximate surface area is 110 Å². The van der Waals surface area contributed by atoms with Crippen LogP contribution in [0.15, 0.2) is 18.2 Å². The highest BCUT2D eigenvalue weighted by atomic mass is 16.5. The van der Waals surface area contributed by atoms with Crippen molar-refractivity contribution in [2.24, 2.45) is 0 Å². The number of ether oxygens (including phenoxy) is 2. The van der Waals surface area contributed by atoms with Crippen molar-refractivity contribution in [3.63, 3.8) is 0 Å². The largest absolute Gasteiger partial charge is 0.397 e. The molecule has 1 aromatic carbocycles. The number of anilines is 2. The maximum Gasteiger partial charge on any atom is 0.0663 e. The van der Waals surface area contributed by atoms with Crippen LogP contribution in [0.4, 0.5) is 11.4 Å². The second kappa shape index (κ2) is 7.24. The third kappa shape index (κ3) is 3.62. The van der Waals surface area contributed by atoms with Crippen molar-refractivity contribution >= 4 is 11.4 Å². The van der Waals surface area contributed by atoms with Gasteiger partial charge in [-0.2, -0.15) is 0 Å². The van der Waals surface area contributed by atoms with Gasteiger partial charge in [0.05, 0.1) is 24.6 Å². The summed E-state index contributed by atoms with van der Waals surface area (Å²) in [7, 11) is 3.42. The molecule has 1 rings (SSSR count). The Morgan fingerprint density at radius 1 is 1.28 bits per heavy atom. The maximum atomic E-state index is 6.10. The van der Waals surface area contributed by atoms with Gasteiger partial charge < -0.3 is 20.1 Å². The molecule has 0 aliphatic heterocycles. The van der Waals surface area contributed by atoms with E-state index in [9.17, 15) is 0 Å². The second-order valence-electron chi connectivity index (χ2n) is 4.50. The van der Waals surface area contributed by atoms with E-state index in [1.165, 1.54) is 5.56 Å². The fourth-order valence-corrected chi connectivity index (χ4v) is 2.15. The minimum atomic E-state index is 0.258. The number of nitrogen functional groups attached to an aromatic ring is 1. The van der Waals surface area contributed by atoms with Crippen molar-refractivity contribution in [3.05, 3.63) is 23.8 Å². The van der Waals surface area contributed by atoms with E-state index in [1.54, 1.807) is 14.2 Å². The van der Waals surface area contributed by atoms with E-state index in [4.69, 9.17) is 15.2 Å². The number of nitrogens with zero attached hydrogens (tertiary/aromatic N) is 1. The third-order valence-corrected chi connectivity index (χ3v) is 3.03. The van der Waals surface area contributed by atoms with Crippen molar-refractivity contribution in [3.8, 4) is 0 Å². The van der Waals surface area contributed by atoms with E-state index in [2.05, 4.69) is 24.8 Å². The Bertz CT molecular complexity index is 349. The zero-order valence-electron chi connectivity index (χ0n) is 11.8. The number of methoxy groups -OCH3 is 2. The number of nitrogens with two attached hydrogens (primary N) is 1. The van der Waals surface area contributed by atoms with Crippen molar-refractivity contribution in [2.75, 3.05) is 44.6 Å². The number of hydrogen-bond acceptors (Lipinski definition) is 4. The molecular formula is C14H24N2O2. The highest BCUT2D eigenvalue weighted by Crippen LogP contribution is 2.28.